The quantitative estimate of drug-likeness (QED) is 0.590. The molecule has 0 saturated heterocycles. The first-order chi connectivity index (χ1) is 8.42. The molecular weight excluding hydrogens is 262 g/mol. The fourth-order valence-corrected chi connectivity index (χ4v) is 1.85. The van der Waals surface area contributed by atoms with Gasteiger partial charge >= 0.3 is 7.60 Å². The van der Waals surface area contributed by atoms with Crippen LogP contribution in [0.15, 0.2) is 18.2 Å². The zero-order valence-corrected chi connectivity index (χ0v) is 10.9. The standard InChI is InChI=1S/C11H16FO5P/c1-2-16-9-4-5-11(10(12)8-9)17-6-3-7-18(13,14)15/h4-5,8H,2-3,6-7H2,1H3,(H2,13,14,15). The highest BCUT2D eigenvalue weighted by atomic mass is 31.2. The van der Waals surface area contributed by atoms with Gasteiger partial charge in [0.1, 0.15) is 5.75 Å². The van der Waals surface area contributed by atoms with Crippen LogP contribution in [0.4, 0.5) is 4.39 Å². The fourth-order valence-electron chi connectivity index (χ4n) is 1.31. The van der Waals surface area contributed by atoms with E-state index in [4.69, 9.17) is 19.3 Å². The van der Waals surface area contributed by atoms with Crippen LogP contribution in [0.25, 0.3) is 0 Å². The molecule has 0 bridgehead atoms. The van der Waals surface area contributed by atoms with Crippen LogP contribution < -0.4 is 9.47 Å². The van der Waals surface area contributed by atoms with Gasteiger partial charge in [0.05, 0.1) is 19.4 Å². The number of hydrogen-bond acceptors (Lipinski definition) is 3. The van der Waals surface area contributed by atoms with E-state index in [0.717, 1.165) is 0 Å². The Kier molecular flexibility index (Phi) is 5.59. The van der Waals surface area contributed by atoms with Gasteiger partial charge in [0.2, 0.25) is 0 Å². The highest BCUT2D eigenvalue weighted by molar-refractivity contribution is 7.51. The van der Waals surface area contributed by atoms with Crippen LogP contribution in [0.3, 0.4) is 0 Å². The summed E-state index contributed by atoms with van der Waals surface area (Å²) >= 11 is 0. The van der Waals surface area contributed by atoms with Gasteiger partial charge in [-0.2, -0.15) is 0 Å². The Morgan fingerprint density at radius 1 is 1.33 bits per heavy atom. The van der Waals surface area contributed by atoms with Gasteiger partial charge in [-0.05, 0) is 25.5 Å². The molecule has 0 aliphatic carbocycles. The van der Waals surface area contributed by atoms with E-state index in [0.29, 0.717) is 12.4 Å². The molecule has 0 aromatic heterocycles. The first kappa shape index (κ1) is 15.0. The van der Waals surface area contributed by atoms with Gasteiger partial charge in [0.15, 0.2) is 11.6 Å². The topological polar surface area (TPSA) is 76.0 Å². The van der Waals surface area contributed by atoms with Crippen LogP contribution in [0.2, 0.25) is 0 Å². The summed E-state index contributed by atoms with van der Waals surface area (Å²) in [5.74, 6) is -0.0983. The molecular formula is C11H16FO5P. The molecule has 0 unspecified atom stereocenters. The van der Waals surface area contributed by atoms with Crippen molar-refractivity contribution in [1.29, 1.82) is 0 Å². The van der Waals surface area contributed by atoms with E-state index in [1.54, 1.807) is 13.0 Å². The van der Waals surface area contributed by atoms with Crippen LogP contribution in [0, 0.1) is 5.82 Å². The second kappa shape index (κ2) is 6.73. The molecule has 0 atom stereocenters. The Hall–Kier alpha value is -1.10. The van der Waals surface area contributed by atoms with Crippen LogP contribution in [-0.2, 0) is 4.57 Å². The maximum absolute atomic E-state index is 13.5. The summed E-state index contributed by atoms with van der Waals surface area (Å²) in [4.78, 5) is 17.3. The third kappa shape index (κ3) is 5.49. The molecule has 102 valence electrons. The van der Waals surface area contributed by atoms with E-state index in [9.17, 15) is 8.96 Å². The smallest absolute Gasteiger partial charge is 0.325 e. The van der Waals surface area contributed by atoms with Gasteiger partial charge in [0.25, 0.3) is 0 Å². The average molecular weight is 278 g/mol. The number of ether oxygens (including phenoxy) is 2. The summed E-state index contributed by atoms with van der Waals surface area (Å²) in [7, 11) is -4.01. The molecule has 2 N–H and O–H groups in total. The van der Waals surface area contributed by atoms with Crippen molar-refractivity contribution in [3.63, 3.8) is 0 Å². The SMILES string of the molecule is CCOc1ccc(OCCCP(=O)(O)O)c(F)c1. The monoisotopic (exact) mass is 278 g/mol. The lowest BCUT2D eigenvalue weighted by Crippen LogP contribution is -2.02. The average Bonchev–Trinajstić information content (AvgIpc) is 2.26. The number of rotatable bonds is 7. The van der Waals surface area contributed by atoms with Gasteiger partial charge in [-0.15, -0.1) is 0 Å². The molecule has 1 aromatic rings. The van der Waals surface area contributed by atoms with Gasteiger partial charge in [-0.1, -0.05) is 0 Å². The molecule has 0 saturated carbocycles. The minimum atomic E-state index is -4.01. The van der Waals surface area contributed by atoms with Crippen molar-refractivity contribution < 1.29 is 28.2 Å². The molecule has 0 amide bonds. The van der Waals surface area contributed by atoms with E-state index < -0.39 is 13.4 Å². The maximum Gasteiger partial charge on any atom is 0.325 e. The highest BCUT2D eigenvalue weighted by Crippen LogP contribution is 2.34. The zero-order chi connectivity index (χ0) is 13.6. The summed E-state index contributed by atoms with van der Waals surface area (Å²) in [6.45, 7) is 2.29. The van der Waals surface area contributed by atoms with Crippen LogP contribution in [0.1, 0.15) is 13.3 Å². The third-order valence-corrected chi connectivity index (χ3v) is 2.96. The van der Waals surface area contributed by atoms with Crippen LogP contribution in [0.5, 0.6) is 11.5 Å². The lowest BCUT2D eigenvalue weighted by atomic mass is 10.3. The van der Waals surface area contributed by atoms with E-state index >= 15 is 0 Å². The Morgan fingerprint density at radius 2 is 2.06 bits per heavy atom. The van der Waals surface area contributed by atoms with E-state index in [1.807, 2.05) is 0 Å². The van der Waals surface area contributed by atoms with Gasteiger partial charge in [0, 0.05) is 6.07 Å². The number of halogens is 1. The molecule has 0 fully saturated rings. The molecule has 7 heteroatoms. The van der Waals surface area contributed by atoms with Crippen molar-refractivity contribution in [1.82, 2.24) is 0 Å². The molecule has 18 heavy (non-hydrogen) atoms. The minimum absolute atomic E-state index is 0.0455. The first-order valence-electron chi connectivity index (χ1n) is 5.52. The van der Waals surface area contributed by atoms with Gasteiger partial charge in [-0.25, -0.2) is 4.39 Å². The highest BCUT2D eigenvalue weighted by Gasteiger charge is 2.12. The molecule has 1 rings (SSSR count). The van der Waals surface area contributed by atoms with E-state index in [1.165, 1.54) is 12.1 Å². The molecule has 5 nitrogen and oxygen atoms in total. The Morgan fingerprint density at radius 3 is 2.61 bits per heavy atom. The van der Waals surface area contributed by atoms with Crippen molar-refractivity contribution in [2.45, 2.75) is 13.3 Å². The predicted molar refractivity (Wildman–Crippen MR) is 64.6 cm³/mol. The van der Waals surface area contributed by atoms with Gasteiger partial charge < -0.3 is 19.3 Å². The summed E-state index contributed by atoms with van der Waals surface area (Å²) < 4.78 is 34.3. The molecule has 1 aromatic carbocycles. The van der Waals surface area contributed by atoms with Crippen molar-refractivity contribution in [2.24, 2.45) is 0 Å². The normalized spacial score (nSPS) is 11.3. The zero-order valence-electron chi connectivity index (χ0n) is 10.0. The Bertz CT molecular complexity index is 431. The summed E-state index contributed by atoms with van der Waals surface area (Å²) in [5, 5.41) is 0. The Labute approximate surface area is 105 Å². The molecule has 0 radical (unpaired) electrons. The first-order valence-corrected chi connectivity index (χ1v) is 7.32. The molecule has 0 heterocycles. The van der Waals surface area contributed by atoms with Crippen molar-refractivity contribution in [3.05, 3.63) is 24.0 Å². The number of benzene rings is 1. The van der Waals surface area contributed by atoms with Crippen molar-refractivity contribution >= 4 is 7.60 Å². The summed E-state index contributed by atoms with van der Waals surface area (Å²) in [6.07, 6.45) is -0.109. The molecule has 0 aliphatic heterocycles. The lowest BCUT2D eigenvalue weighted by Gasteiger charge is -2.09. The van der Waals surface area contributed by atoms with Crippen LogP contribution in [-0.4, -0.2) is 29.2 Å². The van der Waals surface area contributed by atoms with Crippen molar-refractivity contribution in [3.8, 4) is 11.5 Å². The largest absolute Gasteiger partial charge is 0.494 e. The summed E-state index contributed by atoms with van der Waals surface area (Å²) in [6, 6.07) is 4.21. The third-order valence-electron chi connectivity index (χ3n) is 2.07. The second-order valence-corrected chi connectivity index (χ2v) is 5.39. The predicted octanol–water partition coefficient (Wildman–Crippen LogP) is 2.17. The maximum atomic E-state index is 13.5. The summed E-state index contributed by atoms with van der Waals surface area (Å²) in [5.41, 5.74) is 0. The van der Waals surface area contributed by atoms with Crippen molar-refractivity contribution in [2.75, 3.05) is 19.4 Å². The molecule has 0 spiro atoms. The van der Waals surface area contributed by atoms with Gasteiger partial charge in [-0.3, -0.25) is 4.57 Å². The van der Waals surface area contributed by atoms with Crippen LogP contribution >= 0.6 is 7.60 Å². The minimum Gasteiger partial charge on any atom is -0.494 e. The fraction of sp³-hybridized carbons (Fsp3) is 0.455. The number of hydrogen-bond donors (Lipinski definition) is 2. The van der Waals surface area contributed by atoms with E-state index in [2.05, 4.69) is 0 Å². The second-order valence-electron chi connectivity index (χ2n) is 3.62. The van der Waals surface area contributed by atoms with E-state index in [-0.39, 0.29) is 24.9 Å². The lowest BCUT2D eigenvalue weighted by molar-refractivity contribution is 0.292. The molecule has 0 aliphatic rings. The Balaban J connectivity index is 2.45.